The first-order valence-corrected chi connectivity index (χ1v) is 9.20. The Balaban J connectivity index is 1.83. The van der Waals surface area contributed by atoms with Gasteiger partial charge >= 0.3 is 0 Å². The molecule has 0 saturated heterocycles. The van der Waals surface area contributed by atoms with Gasteiger partial charge in [0.1, 0.15) is 22.9 Å². The van der Waals surface area contributed by atoms with Gasteiger partial charge in [0.2, 0.25) is 0 Å². The van der Waals surface area contributed by atoms with Gasteiger partial charge in [0, 0.05) is 4.90 Å². The molecule has 0 radical (unpaired) electrons. The number of Topliss-reactive ketones (excluding diaryl/α,β-unsaturated/α-hetero) is 1. The molecule has 3 aromatic carbocycles. The van der Waals surface area contributed by atoms with E-state index in [9.17, 15) is 4.79 Å². The summed E-state index contributed by atoms with van der Waals surface area (Å²) in [6.07, 6.45) is 0. The fourth-order valence-electron chi connectivity index (χ4n) is 3.14. The number of carbonyl (C=O) groups is 1. The van der Waals surface area contributed by atoms with Crippen LogP contribution in [0.15, 0.2) is 83.8 Å². The van der Waals surface area contributed by atoms with Crippen molar-refractivity contribution in [2.75, 3.05) is 13.7 Å². The van der Waals surface area contributed by atoms with Crippen molar-refractivity contribution >= 4 is 17.5 Å². The highest BCUT2D eigenvalue weighted by atomic mass is 32.2. The lowest BCUT2D eigenvalue weighted by Gasteiger charge is -2.36. The van der Waals surface area contributed by atoms with Gasteiger partial charge in [0.25, 0.3) is 0 Å². The van der Waals surface area contributed by atoms with Crippen LogP contribution < -0.4 is 9.47 Å². The van der Waals surface area contributed by atoms with E-state index in [-0.39, 0.29) is 12.4 Å². The number of hydrogen-bond acceptors (Lipinski definition) is 4. The number of ether oxygens (including phenoxy) is 2. The van der Waals surface area contributed by atoms with Gasteiger partial charge in [-0.3, -0.25) is 4.79 Å². The molecule has 1 heterocycles. The van der Waals surface area contributed by atoms with Crippen molar-refractivity contribution in [2.45, 2.75) is 9.64 Å². The lowest BCUT2D eigenvalue weighted by Crippen LogP contribution is -2.42. The summed E-state index contributed by atoms with van der Waals surface area (Å²) >= 11 is 1.53. The molecule has 0 N–H and O–H groups in total. The van der Waals surface area contributed by atoms with Crippen LogP contribution in [0.25, 0.3) is 0 Å². The second kappa shape index (κ2) is 6.89. The first kappa shape index (κ1) is 16.7. The maximum atomic E-state index is 13.6. The number of fused-ring (bicyclic) bond motifs is 1. The third-order valence-corrected chi connectivity index (χ3v) is 5.92. The fraction of sp³-hybridized carbons (Fsp3) is 0.136. The van der Waals surface area contributed by atoms with E-state index in [2.05, 4.69) is 0 Å². The van der Waals surface area contributed by atoms with E-state index in [1.165, 1.54) is 11.8 Å². The maximum Gasteiger partial charge on any atom is 0.190 e. The molecule has 4 heteroatoms. The highest BCUT2D eigenvalue weighted by Crippen LogP contribution is 2.48. The van der Waals surface area contributed by atoms with Crippen LogP contribution in [0.5, 0.6) is 11.5 Å². The summed E-state index contributed by atoms with van der Waals surface area (Å²) in [4.78, 5) is 14.6. The van der Waals surface area contributed by atoms with Gasteiger partial charge in [-0.05, 0) is 42.0 Å². The molecule has 4 rings (SSSR count). The predicted octanol–water partition coefficient (Wildman–Crippen LogP) is 4.96. The lowest BCUT2D eigenvalue weighted by molar-refractivity contribution is 0.0867. The van der Waals surface area contributed by atoms with E-state index in [0.29, 0.717) is 11.3 Å². The highest BCUT2D eigenvalue weighted by molar-refractivity contribution is 8.01. The summed E-state index contributed by atoms with van der Waals surface area (Å²) in [5.74, 6) is 1.48. The number of rotatable bonds is 4. The number of thioether (sulfide) groups is 1. The van der Waals surface area contributed by atoms with Gasteiger partial charge in [0.15, 0.2) is 5.78 Å². The van der Waals surface area contributed by atoms with Crippen LogP contribution in [0.4, 0.5) is 0 Å². The van der Waals surface area contributed by atoms with E-state index in [0.717, 1.165) is 16.2 Å². The Morgan fingerprint density at radius 1 is 0.923 bits per heavy atom. The van der Waals surface area contributed by atoms with Crippen LogP contribution in [0.1, 0.15) is 15.9 Å². The van der Waals surface area contributed by atoms with Crippen molar-refractivity contribution in [2.24, 2.45) is 0 Å². The van der Waals surface area contributed by atoms with Gasteiger partial charge in [-0.1, -0.05) is 42.5 Å². The zero-order valence-corrected chi connectivity index (χ0v) is 15.2. The molecular weight excluding hydrogens is 344 g/mol. The third-order valence-electron chi connectivity index (χ3n) is 4.52. The number of ketones is 1. The Bertz CT molecular complexity index is 922. The smallest absolute Gasteiger partial charge is 0.190 e. The normalized spacial score (nSPS) is 18.7. The molecule has 0 fully saturated rings. The number of benzene rings is 3. The van der Waals surface area contributed by atoms with Gasteiger partial charge in [0.05, 0.1) is 12.7 Å². The Morgan fingerprint density at radius 3 is 2.35 bits per heavy atom. The average Bonchev–Trinajstić information content (AvgIpc) is 2.71. The third kappa shape index (κ3) is 2.86. The minimum atomic E-state index is -0.831. The second-order valence-corrected chi connectivity index (χ2v) is 7.46. The summed E-state index contributed by atoms with van der Waals surface area (Å²) in [5.41, 5.74) is 1.53. The molecular formula is C22H18O3S. The van der Waals surface area contributed by atoms with Crippen LogP contribution in [0.3, 0.4) is 0 Å². The molecule has 26 heavy (non-hydrogen) atoms. The molecule has 0 bridgehead atoms. The molecule has 0 amide bonds. The van der Waals surface area contributed by atoms with E-state index in [1.807, 2.05) is 78.9 Å². The Hall–Kier alpha value is -2.72. The van der Waals surface area contributed by atoms with Crippen molar-refractivity contribution in [1.82, 2.24) is 0 Å². The monoisotopic (exact) mass is 362 g/mol. The van der Waals surface area contributed by atoms with Crippen molar-refractivity contribution < 1.29 is 14.3 Å². The quantitative estimate of drug-likeness (QED) is 0.657. The first-order valence-electron chi connectivity index (χ1n) is 8.38. The number of methoxy groups -OCH3 is 1. The summed E-state index contributed by atoms with van der Waals surface area (Å²) in [5, 5.41) is 0. The summed E-state index contributed by atoms with van der Waals surface area (Å²) in [6.45, 7) is 0.286. The molecule has 1 unspecified atom stereocenters. The second-order valence-electron chi connectivity index (χ2n) is 6.08. The average molecular weight is 362 g/mol. The molecule has 130 valence electrons. The molecule has 1 atom stereocenters. The molecule has 1 aliphatic heterocycles. The minimum Gasteiger partial charge on any atom is -0.497 e. The topological polar surface area (TPSA) is 35.5 Å². The number of hydrogen-bond donors (Lipinski definition) is 0. The summed E-state index contributed by atoms with van der Waals surface area (Å²) < 4.78 is 10.5. The summed E-state index contributed by atoms with van der Waals surface area (Å²) in [7, 11) is 1.63. The maximum absolute atomic E-state index is 13.6. The van der Waals surface area contributed by atoms with E-state index in [4.69, 9.17) is 9.47 Å². The minimum absolute atomic E-state index is 0.0679. The van der Waals surface area contributed by atoms with Crippen LogP contribution in [0.2, 0.25) is 0 Å². The van der Waals surface area contributed by atoms with Crippen LogP contribution in [0, 0.1) is 0 Å². The lowest BCUT2D eigenvalue weighted by atomic mass is 9.88. The largest absolute Gasteiger partial charge is 0.497 e. The standard InChI is InChI=1S/C22H18O3S/c1-24-17-13-11-16(12-14-17)22(26-18-7-3-2-4-8-18)15-25-20-10-6-5-9-19(20)21(22)23/h2-14H,15H2,1H3. The summed E-state index contributed by atoms with van der Waals surface area (Å²) in [6, 6.07) is 25.1. The SMILES string of the molecule is COc1ccc(C2(Sc3ccccc3)COc3ccccc3C2=O)cc1. The van der Waals surface area contributed by atoms with Crippen LogP contribution in [-0.2, 0) is 4.75 Å². The molecule has 1 aliphatic rings. The predicted molar refractivity (Wildman–Crippen MR) is 103 cm³/mol. The Kier molecular flexibility index (Phi) is 4.43. The van der Waals surface area contributed by atoms with Gasteiger partial charge in [-0.15, -0.1) is 11.8 Å². The van der Waals surface area contributed by atoms with Gasteiger partial charge < -0.3 is 9.47 Å². The van der Waals surface area contributed by atoms with E-state index < -0.39 is 4.75 Å². The van der Waals surface area contributed by atoms with Crippen LogP contribution >= 0.6 is 11.8 Å². The van der Waals surface area contributed by atoms with Crippen molar-refractivity contribution in [3.8, 4) is 11.5 Å². The van der Waals surface area contributed by atoms with Crippen LogP contribution in [-0.4, -0.2) is 19.5 Å². The Labute approximate surface area is 157 Å². The molecule has 0 aromatic heterocycles. The first-order chi connectivity index (χ1) is 12.7. The van der Waals surface area contributed by atoms with Crippen molar-refractivity contribution in [1.29, 1.82) is 0 Å². The van der Waals surface area contributed by atoms with Gasteiger partial charge in [-0.25, -0.2) is 0 Å². The van der Waals surface area contributed by atoms with Gasteiger partial charge in [-0.2, -0.15) is 0 Å². The number of para-hydroxylation sites is 1. The molecule has 0 aliphatic carbocycles. The van der Waals surface area contributed by atoms with Crippen molar-refractivity contribution in [3.63, 3.8) is 0 Å². The molecule has 3 aromatic rings. The fourth-order valence-corrected chi connectivity index (χ4v) is 4.41. The highest BCUT2D eigenvalue weighted by Gasteiger charge is 2.46. The zero-order valence-electron chi connectivity index (χ0n) is 14.3. The van der Waals surface area contributed by atoms with E-state index in [1.54, 1.807) is 7.11 Å². The molecule has 0 spiro atoms. The number of carbonyl (C=O) groups excluding carboxylic acids is 1. The molecule has 0 saturated carbocycles. The zero-order chi connectivity index (χ0) is 18.0. The van der Waals surface area contributed by atoms with Crippen molar-refractivity contribution in [3.05, 3.63) is 90.0 Å². The molecule has 3 nitrogen and oxygen atoms in total. The Morgan fingerprint density at radius 2 is 1.62 bits per heavy atom. The van der Waals surface area contributed by atoms with E-state index >= 15 is 0 Å².